The number of nitrogens with one attached hydrogen (secondary N) is 2. The quantitative estimate of drug-likeness (QED) is 0.199. The molecular weight excluding hydrogens is 376 g/mol. The van der Waals surface area contributed by atoms with E-state index in [1.165, 1.54) is 12.2 Å². The maximum absolute atomic E-state index is 9.77. The summed E-state index contributed by atoms with van der Waals surface area (Å²) in [6.45, 7) is 3.20. The van der Waals surface area contributed by atoms with Crippen LogP contribution in [0.5, 0.6) is 0 Å². The topological polar surface area (TPSA) is 190 Å². The Labute approximate surface area is 161 Å². The van der Waals surface area contributed by atoms with Crippen molar-refractivity contribution in [1.29, 1.82) is 0 Å². The molecule has 0 saturated heterocycles. The minimum atomic E-state index is -2.27. The van der Waals surface area contributed by atoms with Crippen LogP contribution in [0.15, 0.2) is 0 Å². The van der Waals surface area contributed by atoms with E-state index in [1.54, 1.807) is 7.05 Å². The molecule has 0 radical (unpaired) electrons. The first-order valence-corrected chi connectivity index (χ1v) is 7.94. The van der Waals surface area contributed by atoms with Gasteiger partial charge in [-0.15, -0.1) is 6.42 Å². The summed E-state index contributed by atoms with van der Waals surface area (Å²) in [6.07, 6.45) is 1.63. The molecule has 0 amide bonds. The summed E-state index contributed by atoms with van der Waals surface area (Å²) in [6, 6.07) is 0. The molecule has 1 aromatic rings. The van der Waals surface area contributed by atoms with Crippen molar-refractivity contribution in [2.75, 3.05) is 42.9 Å². The lowest BCUT2D eigenvalue weighted by Crippen LogP contribution is -2.39. The first-order chi connectivity index (χ1) is 13.2. The lowest BCUT2D eigenvalue weighted by atomic mass is 10.2. The Morgan fingerprint density at radius 3 is 2.04 bits per heavy atom. The molecule has 2 atom stereocenters. The van der Waals surface area contributed by atoms with Gasteiger partial charge in [-0.3, -0.25) is 4.84 Å². The Morgan fingerprint density at radius 2 is 1.64 bits per heavy atom. The van der Waals surface area contributed by atoms with Crippen LogP contribution in [0.25, 0.3) is 0 Å². The average Bonchev–Trinajstić information content (AvgIpc) is 2.68. The second-order valence-electron chi connectivity index (χ2n) is 5.01. The van der Waals surface area contributed by atoms with Crippen LogP contribution < -0.4 is 15.7 Å². The summed E-state index contributed by atoms with van der Waals surface area (Å²) in [5.41, 5.74) is 0. The van der Waals surface area contributed by atoms with Gasteiger partial charge in [0.2, 0.25) is 11.9 Å². The zero-order chi connectivity index (χ0) is 21.7. The summed E-state index contributed by atoms with van der Waals surface area (Å²) < 4.78 is 0. The van der Waals surface area contributed by atoms with Gasteiger partial charge in [0.25, 0.3) is 5.95 Å². The van der Waals surface area contributed by atoms with Crippen LogP contribution in [-0.4, -0.2) is 86.8 Å². The zero-order valence-corrected chi connectivity index (χ0v) is 15.7. The first kappa shape index (κ1) is 24.8. The van der Waals surface area contributed by atoms with Crippen LogP contribution in [0, 0.1) is 12.3 Å². The molecule has 0 spiro atoms. The van der Waals surface area contributed by atoms with Crippen LogP contribution in [0.1, 0.15) is 13.3 Å². The molecule has 0 bridgehead atoms. The van der Waals surface area contributed by atoms with Gasteiger partial charge in [0.15, 0.2) is 12.2 Å². The van der Waals surface area contributed by atoms with E-state index in [1.807, 2.05) is 0 Å². The molecule has 156 valence electrons. The van der Waals surface area contributed by atoms with Gasteiger partial charge in [-0.1, -0.05) is 12.8 Å². The van der Waals surface area contributed by atoms with Gasteiger partial charge in [-0.05, 0) is 6.42 Å². The smallest absolute Gasteiger partial charge is 0.335 e. The van der Waals surface area contributed by atoms with E-state index in [2.05, 4.69) is 38.4 Å². The van der Waals surface area contributed by atoms with Crippen molar-refractivity contribution in [3.8, 4) is 12.3 Å². The van der Waals surface area contributed by atoms with E-state index in [9.17, 15) is 9.59 Å². The fourth-order valence-corrected chi connectivity index (χ4v) is 1.38. The molecule has 1 rings (SSSR count). The molecule has 0 fully saturated rings. The van der Waals surface area contributed by atoms with Crippen LogP contribution in [-0.2, 0) is 14.4 Å². The number of hydrogen-bond acceptors (Lipinski definition) is 11. The monoisotopic (exact) mass is 400 g/mol. The highest BCUT2D eigenvalue weighted by atomic mass is 16.7. The Bertz CT molecular complexity index is 663. The van der Waals surface area contributed by atoms with Gasteiger partial charge in [0, 0.05) is 13.6 Å². The second-order valence-corrected chi connectivity index (χ2v) is 5.01. The van der Waals surface area contributed by atoms with Gasteiger partial charge in [-0.2, -0.15) is 15.0 Å². The van der Waals surface area contributed by atoms with E-state index in [-0.39, 0.29) is 0 Å². The Hall–Kier alpha value is -3.21. The maximum atomic E-state index is 9.77. The number of aliphatic hydroxyl groups is 2. The fourth-order valence-electron chi connectivity index (χ4n) is 1.38. The standard InChI is InChI=1S/C11H18N6O.C4H6O6/c1-5-7-12-9-14-10(13-8-6-2)16-11(15-9)17(3)18-4;5-1(3(7)8)2(6)4(9)10/h1H,6-8H2,2-4H3,(H2,12,13,14,15,16);1-2,5-6H,(H,7,8)(H,9,10)/t;1-,2-/m.1/s1. The second kappa shape index (κ2) is 13.0. The number of aliphatic carboxylic acids is 2. The highest BCUT2D eigenvalue weighted by molar-refractivity contribution is 5.83. The van der Waals surface area contributed by atoms with Crippen LogP contribution in [0.2, 0.25) is 0 Å². The van der Waals surface area contributed by atoms with Gasteiger partial charge < -0.3 is 31.1 Å². The molecule has 28 heavy (non-hydrogen) atoms. The van der Waals surface area contributed by atoms with Crippen LogP contribution in [0.4, 0.5) is 17.8 Å². The molecule has 13 heteroatoms. The normalized spacial score (nSPS) is 11.9. The van der Waals surface area contributed by atoms with Gasteiger partial charge >= 0.3 is 11.9 Å². The molecule has 0 aliphatic heterocycles. The molecule has 6 N–H and O–H groups in total. The average molecular weight is 400 g/mol. The van der Waals surface area contributed by atoms with Crippen molar-refractivity contribution in [1.82, 2.24) is 15.0 Å². The predicted octanol–water partition coefficient (Wildman–Crippen LogP) is -1.39. The lowest BCUT2D eigenvalue weighted by Gasteiger charge is -2.15. The SMILES string of the molecule is C#CCNc1nc(NCCC)nc(N(C)OC)n1.O=C(O)[C@H](O)[C@@H](O)C(=O)O. The Morgan fingerprint density at radius 1 is 1.14 bits per heavy atom. The molecule has 0 aliphatic rings. The number of rotatable bonds is 10. The Balaban J connectivity index is 0.000000621. The third kappa shape index (κ3) is 8.94. The van der Waals surface area contributed by atoms with E-state index in [0.717, 1.165) is 13.0 Å². The van der Waals surface area contributed by atoms with Crippen molar-refractivity contribution in [2.24, 2.45) is 0 Å². The zero-order valence-electron chi connectivity index (χ0n) is 15.7. The molecular formula is C15H24N6O7. The summed E-state index contributed by atoms with van der Waals surface area (Å²) in [4.78, 5) is 37.2. The minimum Gasteiger partial charge on any atom is -0.479 e. The number of carbonyl (C=O) groups is 2. The molecule has 0 aromatic carbocycles. The van der Waals surface area contributed by atoms with Crippen LogP contribution >= 0.6 is 0 Å². The molecule has 1 heterocycles. The summed E-state index contributed by atoms with van der Waals surface area (Å²) in [5.74, 6) is 0.244. The van der Waals surface area contributed by atoms with Crippen molar-refractivity contribution in [2.45, 2.75) is 25.6 Å². The highest BCUT2D eigenvalue weighted by Gasteiger charge is 2.29. The number of carboxylic acid groups (broad SMARTS) is 2. The van der Waals surface area contributed by atoms with E-state index in [0.29, 0.717) is 24.4 Å². The number of aromatic nitrogens is 3. The molecule has 0 aliphatic carbocycles. The van der Waals surface area contributed by atoms with E-state index in [4.69, 9.17) is 31.7 Å². The molecule has 0 unspecified atom stereocenters. The van der Waals surface area contributed by atoms with Gasteiger partial charge in [0.1, 0.15) is 0 Å². The molecule has 1 aromatic heterocycles. The summed E-state index contributed by atoms with van der Waals surface area (Å²) >= 11 is 0. The number of anilines is 3. The highest BCUT2D eigenvalue weighted by Crippen LogP contribution is 2.12. The van der Waals surface area contributed by atoms with Crippen molar-refractivity contribution in [3.05, 3.63) is 0 Å². The van der Waals surface area contributed by atoms with E-state index < -0.39 is 24.1 Å². The lowest BCUT2D eigenvalue weighted by molar-refractivity contribution is -0.165. The van der Waals surface area contributed by atoms with Gasteiger partial charge in [0.05, 0.1) is 13.7 Å². The minimum absolute atomic E-state index is 0.355. The maximum Gasteiger partial charge on any atom is 0.335 e. The third-order valence-electron chi connectivity index (χ3n) is 2.87. The van der Waals surface area contributed by atoms with Crippen molar-refractivity contribution >= 4 is 29.8 Å². The third-order valence-corrected chi connectivity index (χ3v) is 2.87. The number of hydrogen-bond donors (Lipinski definition) is 6. The number of hydroxylamine groups is 1. The van der Waals surface area contributed by atoms with Crippen molar-refractivity contribution in [3.63, 3.8) is 0 Å². The summed E-state index contributed by atoms with van der Waals surface area (Å²) in [7, 11) is 3.25. The van der Waals surface area contributed by atoms with E-state index >= 15 is 0 Å². The van der Waals surface area contributed by atoms with Gasteiger partial charge in [-0.25, -0.2) is 14.7 Å². The number of terminal acetylenes is 1. The summed E-state index contributed by atoms with van der Waals surface area (Å²) in [5, 5.41) is 40.0. The number of carboxylic acids is 2. The largest absolute Gasteiger partial charge is 0.479 e. The Kier molecular flexibility index (Phi) is 11.5. The number of aliphatic hydroxyl groups excluding tert-OH is 2. The first-order valence-electron chi connectivity index (χ1n) is 7.94. The fraction of sp³-hybridized carbons (Fsp3) is 0.533. The molecule has 13 nitrogen and oxygen atoms in total. The van der Waals surface area contributed by atoms with Crippen molar-refractivity contribution < 1.29 is 34.9 Å². The predicted molar refractivity (Wildman–Crippen MR) is 98.6 cm³/mol. The molecule has 0 saturated carbocycles. The van der Waals surface area contributed by atoms with Crippen LogP contribution in [0.3, 0.4) is 0 Å². The number of nitrogens with zero attached hydrogens (tertiary/aromatic N) is 4.